The van der Waals surface area contributed by atoms with Gasteiger partial charge in [-0.25, -0.2) is 9.78 Å². The van der Waals surface area contributed by atoms with Crippen LogP contribution in [0.4, 0.5) is 0 Å². The Hall–Kier alpha value is -4.79. The fourth-order valence-corrected chi connectivity index (χ4v) is 6.66. The van der Waals surface area contributed by atoms with E-state index in [4.69, 9.17) is 19.4 Å². The van der Waals surface area contributed by atoms with Crippen molar-refractivity contribution in [2.24, 2.45) is 0 Å². The van der Waals surface area contributed by atoms with Gasteiger partial charge in [0.1, 0.15) is 6.29 Å². The Labute approximate surface area is 262 Å². The molecule has 45 heavy (non-hydrogen) atoms. The average Bonchev–Trinajstić information content (AvgIpc) is 3.71. The second-order valence-electron chi connectivity index (χ2n) is 11.7. The van der Waals surface area contributed by atoms with Crippen LogP contribution in [0.3, 0.4) is 0 Å². The van der Waals surface area contributed by atoms with Gasteiger partial charge in [0, 0.05) is 51.6 Å². The van der Waals surface area contributed by atoms with Crippen molar-refractivity contribution in [2.75, 3.05) is 14.2 Å². The highest BCUT2D eigenvalue weighted by Crippen LogP contribution is 2.43. The summed E-state index contributed by atoms with van der Waals surface area (Å²) in [6.07, 6.45) is 4.22. The smallest absolute Gasteiger partial charge is 0.340 e. The number of aromatic amines is 2. The lowest BCUT2D eigenvalue weighted by Gasteiger charge is -2.17. The van der Waals surface area contributed by atoms with Crippen LogP contribution in [0.25, 0.3) is 33.2 Å². The first-order chi connectivity index (χ1) is 21.6. The van der Waals surface area contributed by atoms with Crippen molar-refractivity contribution in [3.05, 3.63) is 81.4 Å². The van der Waals surface area contributed by atoms with Crippen LogP contribution in [-0.4, -0.2) is 52.4 Å². The number of carbonyl (C=O) groups is 3. The molecule has 5 heterocycles. The maximum Gasteiger partial charge on any atom is 0.340 e. The molecule has 8 bridgehead atoms. The number of fused-ring (bicyclic) bond motifs is 8. The number of rotatable bonds is 8. The van der Waals surface area contributed by atoms with Crippen molar-refractivity contribution in [3.8, 4) is 0 Å². The third kappa shape index (κ3) is 5.52. The molecule has 5 rings (SSSR count). The van der Waals surface area contributed by atoms with Gasteiger partial charge in [-0.1, -0.05) is 26.5 Å². The van der Waals surface area contributed by atoms with Gasteiger partial charge in [0.15, 0.2) is 0 Å². The largest absolute Gasteiger partial charge is 0.469 e. The molecule has 0 fully saturated rings. The molecule has 0 radical (unpaired) electrons. The van der Waals surface area contributed by atoms with Crippen molar-refractivity contribution in [3.63, 3.8) is 0 Å². The fourth-order valence-electron chi connectivity index (χ4n) is 6.66. The Kier molecular flexibility index (Phi) is 8.91. The Balaban J connectivity index is 2.06. The van der Waals surface area contributed by atoms with Gasteiger partial charge >= 0.3 is 11.9 Å². The number of esters is 2. The number of aldehydes is 1. The number of aryl methyl sites for hydroxylation is 3. The van der Waals surface area contributed by atoms with Gasteiger partial charge in [-0.05, 0) is 74.1 Å². The number of aromatic nitrogens is 4. The predicted octanol–water partition coefficient (Wildman–Crippen LogP) is 6.98. The van der Waals surface area contributed by atoms with E-state index >= 15 is 0 Å². The number of allylic oxidation sites excluding steroid dienone is 3. The number of ether oxygens (including phenoxy) is 2. The molecule has 3 aromatic heterocycles. The third-order valence-corrected chi connectivity index (χ3v) is 9.27. The summed E-state index contributed by atoms with van der Waals surface area (Å²) in [7, 11) is 2.67. The van der Waals surface area contributed by atoms with Crippen LogP contribution in [0, 0.1) is 13.8 Å². The van der Waals surface area contributed by atoms with E-state index in [9.17, 15) is 14.4 Å². The quantitative estimate of drug-likeness (QED) is 0.209. The van der Waals surface area contributed by atoms with E-state index < -0.39 is 11.9 Å². The highest BCUT2D eigenvalue weighted by atomic mass is 16.5. The van der Waals surface area contributed by atoms with Gasteiger partial charge < -0.3 is 24.2 Å². The minimum atomic E-state index is -0.529. The predicted molar refractivity (Wildman–Crippen MR) is 176 cm³/mol. The van der Waals surface area contributed by atoms with Gasteiger partial charge in [-0.2, -0.15) is 0 Å². The van der Waals surface area contributed by atoms with Crippen LogP contribution in [0.2, 0.25) is 0 Å². The average molecular weight is 609 g/mol. The molecule has 234 valence electrons. The highest BCUT2D eigenvalue weighted by molar-refractivity contribution is 6.03. The maximum atomic E-state index is 13.4. The first-order valence-electron chi connectivity index (χ1n) is 15.3. The molecule has 2 aliphatic rings. The summed E-state index contributed by atoms with van der Waals surface area (Å²) < 4.78 is 10.4. The van der Waals surface area contributed by atoms with E-state index in [1.54, 1.807) is 0 Å². The number of hydrogen-bond acceptors (Lipinski definition) is 7. The lowest BCUT2D eigenvalue weighted by atomic mass is 9.85. The van der Waals surface area contributed by atoms with E-state index in [-0.39, 0.29) is 18.3 Å². The summed E-state index contributed by atoms with van der Waals surface area (Å²) in [6, 6.07) is 6.03. The number of carbonyl (C=O) groups excluding carboxylic acids is 3. The lowest BCUT2D eigenvalue weighted by Crippen LogP contribution is -2.12. The molecule has 9 heteroatoms. The lowest BCUT2D eigenvalue weighted by molar-refractivity contribution is -0.139. The van der Waals surface area contributed by atoms with Crippen LogP contribution in [0.15, 0.2) is 30.9 Å². The SMILES string of the molecule is C=CC1=C(C)c2cc3nc(c(CC(=O)OC)c4[nH]c(cc5[nH]c(cc1n2)c(C)c5CC)c(C)c4C(=O)OC)[C@@H](CCC=O)[C@@H]3C. The number of nitrogens with one attached hydrogen (secondary N) is 2. The third-order valence-electron chi connectivity index (χ3n) is 9.27. The molecule has 0 spiro atoms. The molecule has 2 atom stereocenters. The van der Waals surface area contributed by atoms with Crippen molar-refractivity contribution < 1.29 is 23.9 Å². The zero-order valence-corrected chi connectivity index (χ0v) is 27.0. The molecule has 0 aliphatic carbocycles. The van der Waals surface area contributed by atoms with Gasteiger partial charge in [-0.3, -0.25) is 9.78 Å². The van der Waals surface area contributed by atoms with Crippen LogP contribution in [0.5, 0.6) is 0 Å². The number of hydrogen-bond donors (Lipinski definition) is 2. The second-order valence-corrected chi connectivity index (χ2v) is 11.7. The summed E-state index contributed by atoms with van der Waals surface area (Å²) in [5.74, 6) is -1.29. The normalized spacial score (nSPS) is 16.1. The molecular formula is C36H40N4O5. The molecule has 0 saturated carbocycles. The Morgan fingerprint density at radius 3 is 2.33 bits per heavy atom. The monoisotopic (exact) mass is 608 g/mol. The first-order valence-corrected chi connectivity index (χ1v) is 15.3. The fraction of sp³-hybridized carbons (Fsp3) is 0.361. The van der Waals surface area contributed by atoms with E-state index in [0.29, 0.717) is 46.3 Å². The van der Waals surface area contributed by atoms with Gasteiger partial charge in [0.05, 0.1) is 48.8 Å². The summed E-state index contributed by atoms with van der Waals surface area (Å²) >= 11 is 0. The maximum absolute atomic E-state index is 13.4. The molecule has 0 amide bonds. The van der Waals surface area contributed by atoms with Crippen LogP contribution in [0.1, 0.15) is 101 Å². The van der Waals surface area contributed by atoms with E-state index in [1.807, 2.05) is 32.1 Å². The van der Waals surface area contributed by atoms with Gasteiger partial charge in [0.25, 0.3) is 0 Å². The molecule has 0 saturated heterocycles. The summed E-state index contributed by atoms with van der Waals surface area (Å²) in [4.78, 5) is 55.1. The number of methoxy groups -OCH3 is 2. The molecule has 3 aromatic rings. The zero-order chi connectivity index (χ0) is 32.6. The van der Waals surface area contributed by atoms with E-state index in [2.05, 4.69) is 43.4 Å². The summed E-state index contributed by atoms with van der Waals surface area (Å²) in [5.41, 5.74) is 11.7. The van der Waals surface area contributed by atoms with E-state index in [0.717, 1.165) is 63.1 Å². The minimum absolute atomic E-state index is 0.0949. The van der Waals surface area contributed by atoms with Crippen molar-refractivity contribution in [2.45, 2.75) is 72.1 Å². The number of nitrogens with zero attached hydrogens (tertiary/aromatic N) is 2. The van der Waals surface area contributed by atoms with Crippen molar-refractivity contribution in [1.29, 1.82) is 0 Å². The molecular weight excluding hydrogens is 568 g/mol. The number of H-pyrrole nitrogens is 2. The standard InChI is InChI=1S/C36H40N4O5/c1-9-22-18(3)26-15-28-20(5)24(12-11-13-41)34(39-28)25(14-32(42)44-7)35-33(36(43)45-8)21(6)29(40-35)17-31-23(10-2)19(4)27(38-31)16-30(22)37-26/h9,13,15-17,20,24,38,40H,1,10-12,14H2,2-8H3/t20-,24-/m0/s1. The topological polar surface area (TPSA) is 127 Å². The summed E-state index contributed by atoms with van der Waals surface area (Å²) in [5, 5.41) is 0. The van der Waals surface area contributed by atoms with Gasteiger partial charge in [-0.15, -0.1) is 0 Å². The Bertz CT molecular complexity index is 1930. The van der Waals surface area contributed by atoms with Crippen LogP contribution >= 0.6 is 0 Å². The van der Waals surface area contributed by atoms with Crippen LogP contribution in [-0.2, 0) is 31.9 Å². The molecule has 0 aromatic carbocycles. The first kappa shape index (κ1) is 31.6. The zero-order valence-electron chi connectivity index (χ0n) is 27.0. The highest BCUT2D eigenvalue weighted by Gasteiger charge is 2.33. The summed E-state index contributed by atoms with van der Waals surface area (Å²) in [6.45, 7) is 14.2. The Morgan fingerprint density at radius 2 is 1.69 bits per heavy atom. The molecule has 9 nitrogen and oxygen atoms in total. The second kappa shape index (κ2) is 12.7. The van der Waals surface area contributed by atoms with Gasteiger partial charge in [0.2, 0.25) is 0 Å². The van der Waals surface area contributed by atoms with Crippen molar-refractivity contribution >= 4 is 51.4 Å². The van der Waals surface area contributed by atoms with E-state index in [1.165, 1.54) is 14.2 Å². The molecule has 2 N–H and O–H groups in total. The Morgan fingerprint density at radius 1 is 0.956 bits per heavy atom. The minimum Gasteiger partial charge on any atom is -0.469 e. The van der Waals surface area contributed by atoms with Crippen molar-refractivity contribution in [1.82, 2.24) is 19.9 Å². The molecule has 2 aliphatic heterocycles. The molecule has 0 unspecified atom stereocenters. The van der Waals surface area contributed by atoms with Crippen LogP contribution < -0.4 is 0 Å².